The molecule has 0 aliphatic rings. The van der Waals surface area contributed by atoms with Crippen molar-refractivity contribution in [3.05, 3.63) is 52.3 Å². The maximum absolute atomic E-state index is 11.9. The standard InChI is InChI=1S/C17H20BrN3O3/c1-12-6-3-4-7-15(12)24-9-5-8-16(22)19-20-17(23)14-10-13(18)11-21(14)2/h3-4,6-7,10-11H,5,8-9H2,1-2H3,(H,19,22)(H,20,23). The van der Waals surface area contributed by atoms with E-state index in [0.717, 1.165) is 15.8 Å². The van der Waals surface area contributed by atoms with E-state index in [1.54, 1.807) is 23.9 Å². The van der Waals surface area contributed by atoms with Gasteiger partial charge in [-0.3, -0.25) is 20.4 Å². The predicted molar refractivity (Wildman–Crippen MR) is 94.6 cm³/mol. The van der Waals surface area contributed by atoms with Crippen molar-refractivity contribution in [3.8, 4) is 5.75 Å². The lowest BCUT2D eigenvalue weighted by atomic mass is 10.2. The summed E-state index contributed by atoms with van der Waals surface area (Å²) in [5.74, 6) is 0.193. The molecule has 6 nitrogen and oxygen atoms in total. The molecule has 0 fully saturated rings. The third-order valence-corrected chi connectivity index (χ3v) is 3.85. The highest BCUT2D eigenvalue weighted by atomic mass is 79.9. The molecule has 128 valence electrons. The number of amides is 2. The first-order valence-corrected chi connectivity index (χ1v) is 8.36. The van der Waals surface area contributed by atoms with E-state index >= 15 is 0 Å². The van der Waals surface area contributed by atoms with Crippen LogP contribution < -0.4 is 15.6 Å². The SMILES string of the molecule is Cc1ccccc1OCCCC(=O)NNC(=O)c1cc(Br)cn1C. The van der Waals surface area contributed by atoms with Crippen molar-refractivity contribution in [2.75, 3.05) is 6.61 Å². The number of hydrogen-bond donors (Lipinski definition) is 2. The van der Waals surface area contributed by atoms with Gasteiger partial charge in [0, 0.05) is 24.1 Å². The second-order valence-electron chi connectivity index (χ2n) is 5.37. The van der Waals surface area contributed by atoms with Crippen molar-refractivity contribution in [3.63, 3.8) is 0 Å². The first-order chi connectivity index (χ1) is 11.5. The molecule has 0 atom stereocenters. The average molecular weight is 394 g/mol. The van der Waals surface area contributed by atoms with Gasteiger partial charge in [0.25, 0.3) is 5.91 Å². The molecular weight excluding hydrogens is 374 g/mol. The number of aryl methyl sites for hydroxylation is 2. The fourth-order valence-electron chi connectivity index (χ4n) is 2.14. The molecule has 1 aromatic carbocycles. The Morgan fingerprint density at radius 1 is 1.25 bits per heavy atom. The van der Waals surface area contributed by atoms with Crippen LogP contribution in [-0.4, -0.2) is 23.0 Å². The maximum atomic E-state index is 11.9. The van der Waals surface area contributed by atoms with Gasteiger partial charge in [0.15, 0.2) is 0 Å². The van der Waals surface area contributed by atoms with Gasteiger partial charge >= 0.3 is 0 Å². The van der Waals surface area contributed by atoms with Crippen LogP contribution in [0, 0.1) is 6.92 Å². The summed E-state index contributed by atoms with van der Waals surface area (Å²) in [7, 11) is 1.75. The summed E-state index contributed by atoms with van der Waals surface area (Å²) in [6, 6.07) is 9.40. The zero-order valence-electron chi connectivity index (χ0n) is 13.6. The number of ether oxygens (including phenoxy) is 1. The zero-order chi connectivity index (χ0) is 17.5. The highest BCUT2D eigenvalue weighted by Gasteiger charge is 2.11. The predicted octanol–water partition coefficient (Wildman–Crippen LogP) is 2.72. The fraction of sp³-hybridized carbons (Fsp3) is 0.294. The molecule has 1 aromatic heterocycles. The van der Waals surface area contributed by atoms with Crippen LogP contribution in [0.4, 0.5) is 0 Å². The van der Waals surface area contributed by atoms with Crippen LogP contribution in [-0.2, 0) is 11.8 Å². The molecule has 0 saturated carbocycles. The highest BCUT2D eigenvalue weighted by molar-refractivity contribution is 9.10. The van der Waals surface area contributed by atoms with E-state index < -0.39 is 0 Å². The number of nitrogens with one attached hydrogen (secondary N) is 2. The first kappa shape index (κ1) is 18.1. The summed E-state index contributed by atoms with van der Waals surface area (Å²) in [4.78, 5) is 23.7. The molecule has 0 aliphatic heterocycles. The number of benzene rings is 1. The number of rotatable bonds is 6. The van der Waals surface area contributed by atoms with E-state index in [9.17, 15) is 9.59 Å². The number of hydrogen-bond acceptors (Lipinski definition) is 3. The summed E-state index contributed by atoms with van der Waals surface area (Å²) in [5.41, 5.74) is 6.31. The number of halogens is 1. The smallest absolute Gasteiger partial charge is 0.286 e. The van der Waals surface area contributed by atoms with Crippen molar-refractivity contribution in [2.45, 2.75) is 19.8 Å². The minimum Gasteiger partial charge on any atom is -0.493 e. The molecule has 0 unspecified atom stereocenters. The highest BCUT2D eigenvalue weighted by Crippen LogP contribution is 2.16. The molecule has 2 N–H and O–H groups in total. The topological polar surface area (TPSA) is 72.4 Å². The normalized spacial score (nSPS) is 10.3. The molecule has 0 spiro atoms. The van der Waals surface area contributed by atoms with Crippen LogP contribution in [0.25, 0.3) is 0 Å². The summed E-state index contributed by atoms with van der Waals surface area (Å²) >= 11 is 3.30. The van der Waals surface area contributed by atoms with Gasteiger partial charge in [0.2, 0.25) is 5.91 Å². The van der Waals surface area contributed by atoms with E-state index in [0.29, 0.717) is 18.7 Å². The minimum absolute atomic E-state index is 0.259. The number of carbonyl (C=O) groups excluding carboxylic acids is 2. The molecule has 2 aromatic rings. The number of nitrogens with zero attached hydrogens (tertiary/aromatic N) is 1. The van der Waals surface area contributed by atoms with Crippen LogP contribution in [0.3, 0.4) is 0 Å². The lowest BCUT2D eigenvalue weighted by molar-refractivity contribution is -0.122. The van der Waals surface area contributed by atoms with Gasteiger partial charge in [0.1, 0.15) is 11.4 Å². The first-order valence-electron chi connectivity index (χ1n) is 7.57. The van der Waals surface area contributed by atoms with E-state index in [2.05, 4.69) is 26.8 Å². The van der Waals surface area contributed by atoms with Crippen LogP contribution >= 0.6 is 15.9 Å². The Morgan fingerprint density at radius 2 is 2.00 bits per heavy atom. The summed E-state index contributed by atoms with van der Waals surface area (Å²) in [6.07, 6.45) is 2.59. The Labute approximate surface area is 149 Å². The Hall–Kier alpha value is -2.28. The summed E-state index contributed by atoms with van der Waals surface area (Å²) < 4.78 is 8.09. The molecule has 0 saturated heterocycles. The van der Waals surface area contributed by atoms with Crippen LogP contribution in [0.15, 0.2) is 41.0 Å². The molecule has 2 amide bonds. The molecular formula is C17H20BrN3O3. The van der Waals surface area contributed by atoms with Gasteiger partial charge in [-0.15, -0.1) is 0 Å². The van der Waals surface area contributed by atoms with E-state index in [1.165, 1.54) is 0 Å². The molecule has 0 radical (unpaired) electrons. The van der Waals surface area contributed by atoms with Crippen LogP contribution in [0.2, 0.25) is 0 Å². The van der Waals surface area contributed by atoms with Crippen molar-refractivity contribution in [2.24, 2.45) is 7.05 Å². The van der Waals surface area contributed by atoms with Crippen LogP contribution in [0.5, 0.6) is 5.75 Å². The van der Waals surface area contributed by atoms with Crippen molar-refractivity contribution >= 4 is 27.7 Å². The monoisotopic (exact) mass is 393 g/mol. The van der Waals surface area contributed by atoms with E-state index in [4.69, 9.17) is 4.74 Å². The maximum Gasteiger partial charge on any atom is 0.286 e. The number of carbonyl (C=O) groups is 2. The Balaban J connectivity index is 1.67. The third kappa shape index (κ3) is 5.13. The van der Waals surface area contributed by atoms with Gasteiger partial charge < -0.3 is 9.30 Å². The van der Waals surface area contributed by atoms with Crippen LogP contribution in [0.1, 0.15) is 28.9 Å². The number of aromatic nitrogens is 1. The number of para-hydroxylation sites is 1. The Morgan fingerprint density at radius 3 is 2.67 bits per heavy atom. The van der Waals surface area contributed by atoms with E-state index in [-0.39, 0.29) is 18.2 Å². The molecule has 0 bridgehead atoms. The second-order valence-corrected chi connectivity index (χ2v) is 6.29. The van der Waals surface area contributed by atoms with Gasteiger partial charge in [-0.1, -0.05) is 18.2 Å². The van der Waals surface area contributed by atoms with E-state index in [1.807, 2.05) is 31.2 Å². The second kappa shape index (κ2) is 8.54. The van der Waals surface area contributed by atoms with Gasteiger partial charge in [0.05, 0.1) is 6.61 Å². The molecule has 7 heteroatoms. The minimum atomic E-state index is -0.368. The third-order valence-electron chi connectivity index (χ3n) is 3.42. The lowest BCUT2D eigenvalue weighted by Crippen LogP contribution is -2.42. The van der Waals surface area contributed by atoms with Gasteiger partial charge in [-0.25, -0.2) is 0 Å². The molecule has 0 aliphatic carbocycles. The zero-order valence-corrected chi connectivity index (χ0v) is 15.2. The van der Waals surface area contributed by atoms with Crippen molar-refractivity contribution in [1.29, 1.82) is 0 Å². The lowest BCUT2D eigenvalue weighted by Gasteiger charge is -2.10. The summed E-state index contributed by atoms with van der Waals surface area (Å²) in [6.45, 7) is 2.41. The van der Waals surface area contributed by atoms with Gasteiger partial charge in [-0.2, -0.15) is 0 Å². The van der Waals surface area contributed by atoms with Crippen molar-refractivity contribution in [1.82, 2.24) is 15.4 Å². The Bertz CT molecular complexity index is 728. The summed E-state index contributed by atoms with van der Waals surface area (Å²) in [5, 5.41) is 0. The Kier molecular flexibility index (Phi) is 6.43. The van der Waals surface area contributed by atoms with Crippen molar-refractivity contribution < 1.29 is 14.3 Å². The molecule has 1 heterocycles. The van der Waals surface area contributed by atoms with Gasteiger partial charge in [-0.05, 0) is 47.0 Å². The largest absolute Gasteiger partial charge is 0.493 e. The molecule has 2 rings (SSSR count). The quantitative estimate of drug-likeness (QED) is 0.585. The molecule has 24 heavy (non-hydrogen) atoms. The average Bonchev–Trinajstić information content (AvgIpc) is 2.89. The number of hydrazine groups is 1. The fourth-order valence-corrected chi connectivity index (χ4v) is 2.66.